The van der Waals surface area contributed by atoms with E-state index in [9.17, 15) is 13.4 Å². The molecule has 0 saturated carbocycles. The maximum atomic E-state index is 14.6. The van der Waals surface area contributed by atoms with E-state index in [4.69, 9.17) is 16.3 Å². The van der Waals surface area contributed by atoms with Crippen LogP contribution in [0.25, 0.3) is 0 Å². The van der Waals surface area contributed by atoms with E-state index in [-0.39, 0.29) is 16.1 Å². The Morgan fingerprint density at radius 1 is 1.37 bits per heavy atom. The Labute approximate surface area is 169 Å². The van der Waals surface area contributed by atoms with Crippen molar-refractivity contribution < 1.29 is 18.1 Å². The van der Waals surface area contributed by atoms with Crippen LogP contribution in [-0.2, 0) is 15.7 Å². The van der Waals surface area contributed by atoms with Gasteiger partial charge in [0.05, 0.1) is 22.4 Å². The van der Waals surface area contributed by atoms with E-state index in [0.717, 1.165) is 11.8 Å². The SMILES string of the molecule is COC(=O)c1cccnc1Sc1ccc(Cl)c(F)c1C=NS(=O)C(C)(C)C. The first kappa shape index (κ1) is 21.5. The van der Waals surface area contributed by atoms with Gasteiger partial charge in [0.15, 0.2) is 5.82 Å². The molecule has 144 valence electrons. The molecule has 0 amide bonds. The molecule has 1 heterocycles. The summed E-state index contributed by atoms with van der Waals surface area (Å²) in [5.41, 5.74) is 0.327. The molecule has 0 N–H and O–H groups in total. The summed E-state index contributed by atoms with van der Waals surface area (Å²) >= 11 is 6.95. The van der Waals surface area contributed by atoms with Gasteiger partial charge < -0.3 is 4.74 Å². The van der Waals surface area contributed by atoms with Crippen LogP contribution >= 0.6 is 23.4 Å². The minimum atomic E-state index is -1.56. The number of rotatable bonds is 5. The average Bonchev–Trinajstić information content (AvgIpc) is 2.63. The first-order valence-corrected chi connectivity index (χ1v) is 10.1. The number of methoxy groups -OCH3 is 1. The molecule has 0 fully saturated rings. The van der Waals surface area contributed by atoms with Crippen LogP contribution in [0.1, 0.15) is 36.7 Å². The van der Waals surface area contributed by atoms with Crippen LogP contribution in [0.4, 0.5) is 4.39 Å². The normalized spacial score (nSPS) is 13.0. The predicted octanol–water partition coefficient (Wildman–Crippen LogP) is 4.69. The zero-order valence-electron chi connectivity index (χ0n) is 15.2. The maximum Gasteiger partial charge on any atom is 0.340 e. The molecular weight excluding hydrogens is 411 g/mol. The van der Waals surface area contributed by atoms with E-state index in [1.165, 1.54) is 25.6 Å². The lowest BCUT2D eigenvalue weighted by Crippen LogP contribution is -2.19. The Bertz CT molecular complexity index is 914. The van der Waals surface area contributed by atoms with Crippen LogP contribution in [0, 0.1) is 5.82 Å². The van der Waals surface area contributed by atoms with Gasteiger partial charge in [-0.15, -0.1) is 0 Å². The van der Waals surface area contributed by atoms with Gasteiger partial charge in [-0.3, -0.25) is 0 Å². The molecule has 1 aromatic heterocycles. The number of nitrogens with zero attached hydrogens (tertiary/aromatic N) is 2. The molecule has 0 radical (unpaired) electrons. The second-order valence-electron chi connectivity index (χ2n) is 6.32. The zero-order chi connectivity index (χ0) is 20.2. The fourth-order valence-corrected chi connectivity index (χ4v) is 3.51. The Balaban J connectivity index is 2.48. The first-order valence-electron chi connectivity index (χ1n) is 7.80. The number of carbonyl (C=O) groups excluding carboxylic acids is 1. The zero-order valence-corrected chi connectivity index (χ0v) is 17.5. The van der Waals surface area contributed by atoms with Gasteiger partial charge in [0.25, 0.3) is 0 Å². The van der Waals surface area contributed by atoms with Crippen molar-refractivity contribution in [1.82, 2.24) is 4.98 Å². The topological polar surface area (TPSA) is 68.6 Å². The lowest BCUT2D eigenvalue weighted by Gasteiger charge is -2.13. The van der Waals surface area contributed by atoms with Crippen molar-refractivity contribution in [2.45, 2.75) is 35.4 Å². The second kappa shape index (κ2) is 8.95. The monoisotopic (exact) mass is 428 g/mol. The van der Waals surface area contributed by atoms with Crippen molar-refractivity contribution in [2.24, 2.45) is 4.40 Å². The van der Waals surface area contributed by atoms with Gasteiger partial charge in [-0.05, 0) is 45.0 Å². The molecule has 27 heavy (non-hydrogen) atoms. The smallest absolute Gasteiger partial charge is 0.340 e. The largest absolute Gasteiger partial charge is 0.465 e. The lowest BCUT2D eigenvalue weighted by atomic mass is 10.2. The Morgan fingerprint density at radius 3 is 2.70 bits per heavy atom. The fourth-order valence-electron chi connectivity index (χ4n) is 1.86. The van der Waals surface area contributed by atoms with E-state index in [0.29, 0.717) is 9.92 Å². The van der Waals surface area contributed by atoms with Crippen LogP contribution in [0.15, 0.2) is 44.8 Å². The van der Waals surface area contributed by atoms with E-state index >= 15 is 0 Å². The van der Waals surface area contributed by atoms with Crippen molar-refractivity contribution in [3.05, 3.63) is 52.4 Å². The van der Waals surface area contributed by atoms with Gasteiger partial charge in [0, 0.05) is 22.9 Å². The highest BCUT2D eigenvalue weighted by Crippen LogP contribution is 2.34. The number of hydrogen-bond acceptors (Lipinski definition) is 5. The highest BCUT2D eigenvalue weighted by molar-refractivity contribution is 7.99. The molecule has 0 aliphatic heterocycles. The highest BCUT2D eigenvalue weighted by Gasteiger charge is 2.20. The molecule has 0 bridgehead atoms. The molecule has 1 aromatic carbocycles. The maximum absolute atomic E-state index is 14.6. The number of halogens is 2. The first-order chi connectivity index (χ1) is 12.6. The molecule has 0 saturated heterocycles. The van der Waals surface area contributed by atoms with E-state index in [1.807, 2.05) is 0 Å². The van der Waals surface area contributed by atoms with Crippen molar-refractivity contribution in [3.8, 4) is 0 Å². The summed E-state index contributed by atoms with van der Waals surface area (Å²) < 4.78 is 34.9. The summed E-state index contributed by atoms with van der Waals surface area (Å²) in [7, 11) is -0.290. The summed E-state index contributed by atoms with van der Waals surface area (Å²) in [6, 6.07) is 6.16. The summed E-state index contributed by atoms with van der Waals surface area (Å²) in [6.45, 7) is 5.29. The number of aromatic nitrogens is 1. The molecule has 2 aromatic rings. The fraction of sp³-hybridized carbons (Fsp3) is 0.278. The molecule has 2 rings (SSSR count). The molecule has 0 aliphatic rings. The third kappa shape index (κ3) is 5.37. The third-order valence-electron chi connectivity index (χ3n) is 3.28. The van der Waals surface area contributed by atoms with Crippen molar-refractivity contribution in [1.29, 1.82) is 0 Å². The Morgan fingerprint density at radius 2 is 2.07 bits per heavy atom. The van der Waals surface area contributed by atoms with Gasteiger partial charge in [-0.25, -0.2) is 18.4 Å². The van der Waals surface area contributed by atoms with Crippen LogP contribution in [0.3, 0.4) is 0 Å². The summed E-state index contributed by atoms with van der Waals surface area (Å²) in [5.74, 6) is -1.24. The number of carbonyl (C=O) groups is 1. The highest BCUT2D eigenvalue weighted by atomic mass is 35.5. The van der Waals surface area contributed by atoms with Crippen LogP contribution < -0.4 is 0 Å². The summed E-state index contributed by atoms with van der Waals surface area (Å²) in [6.07, 6.45) is 2.72. The van der Waals surface area contributed by atoms with Crippen LogP contribution in [-0.4, -0.2) is 33.2 Å². The number of hydrogen-bond donors (Lipinski definition) is 0. The minimum absolute atomic E-state index is 0.0755. The summed E-state index contributed by atoms with van der Waals surface area (Å²) in [5, 5.41) is 0.259. The molecule has 1 unspecified atom stereocenters. The number of benzene rings is 1. The Hall–Kier alpha value is -1.77. The molecular formula is C18H18ClFN2O3S2. The lowest BCUT2D eigenvalue weighted by molar-refractivity contribution is 0.0596. The average molecular weight is 429 g/mol. The molecule has 0 spiro atoms. The van der Waals surface area contributed by atoms with Gasteiger partial charge in [-0.1, -0.05) is 23.4 Å². The minimum Gasteiger partial charge on any atom is -0.465 e. The second-order valence-corrected chi connectivity index (χ2v) is 9.69. The van der Waals surface area contributed by atoms with E-state index < -0.39 is 27.5 Å². The van der Waals surface area contributed by atoms with Crippen molar-refractivity contribution in [2.75, 3.05) is 7.11 Å². The van der Waals surface area contributed by atoms with Gasteiger partial charge in [0.1, 0.15) is 16.0 Å². The van der Waals surface area contributed by atoms with Gasteiger partial charge in [0.2, 0.25) is 0 Å². The number of ether oxygens (including phenoxy) is 1. The standard InChI is InChI=1S/C18H18ClFN2O3S2/c1-18(2,3)27(24)22-10-12-14(8-7-13(19)15(12)20)26-16-11(17(23)25-4)6-5-9-21-16/h5-10H,1-4H3. The number of pyridine rings is 1. The molecule has 5 nitrogen and oxygen atoms in total. The molecule has 0 aliphatic carbocycles. The van der Waals surface area contributed by atoms with Crippen molar-refractivity contribution in [3.63, 3.8) is 0 Å². The van der Waals surface area contributed by atoms with E-state index in [2.05, 4.69) is 9.38 Å². The quantitative estimate of drug-likeness (QED) is 0.510. The summed E-state index contributed by atoms with van der Waals surface area (Å²) in [4.78, 5) is 16.5. The van der Waals surface area contributed by atoms with Crippen LogP contribution in [0.5, 0.6) is 0 Å². The van der Waals surface area contributed by atoms with Crippen molar-refractivity contribution >= 4 is 46.5 Å². The van der Waals surface area contributed by atoms with E-state index in [1.54, 1.807) is 39.0 Å². The third-order valence-corrected chi connectivity index (χ3v) is 6.01. The van der Waals surface area contributed by atoms with Gasteiger partial charge >= 0.3 is 5.97 Å². The van der Waals surface area contributed by atoms with Gasteiger partial charge in [-0.2, -0.15) is 4.40 Å². The Kier molecular flexibility index (Phi) is 7.13. The molecule has 9 heteroatoms. The molecule has 1 atom stereocenters. The number of esters is 1. The predicted molar refractivity (Wildman–Crippen MR) is 107 cm³/mol. The van der Waals surface area contributed by atoms with Crippen LogP contribution in [0.2, 0.25) is 5.02 Å².